The van der Waals surface area contributed by atoms with Crippen LogP contribution in [0.3, 0.4) is 0 Å². The van der Waals surface area contributed by atoms with Crippen LogP contribution in [0.2, 0.25) is 0 Å². The SMILES string of the molecule is COc1ccc(C2=CN3CCC[C@H]3C=C2c2cc(O)c(OC)c(OC)c2)cc1OC. The number of phenols is 1. The van der Waals surface area contributed by atoms with Crippen LogP contribution in [0.4, 0.5) is 0 Å². The molecule has 6 nitrogen and oxygen atoms in total. The van der Waals surface area contributed by atoms with E-state index in [4.69, 9.17) is 18.9 Å². The van der Waals surface area contributed by atoms with Crippen molar-refractivity contribution in [1.29, 1.82) is 0 Å². The molecule has 0 bridgehead atoms. The molecule has 6 heteroatoms. The van der Waals surface area contributed by atoms with Gasteiger partial charge in [-0.25, -0.2) is 0 Å². The molecule has 0 saturated carbocycles. The van der Waals surface area contributed by atoms with Crippen molar-refractivity contribution in [3.63, 3.8) is 0 Å². The molecule has 0 spiro atoms. The van der Waals surface area contributed by atoms with Crippen LogP contribution < -0.4 is 18.9 Å². The zero-order chi connectivity index (χ0) is 21.3. The first kappa shape index (κ1) is 20.0. The molecule has 2 aromatic rings. The first-order valence-corrected chi connectivity index (χ1v) is 9.97. The molecule has 1 saturated heterocycles. The molecule has 0 aromatic heterocycles. The van der Waals surface area contributed by atoms with Crippen LogP contribution in [0.25, 0.3) is 11.1 Å². The molecule has 2 aliphatic rings. The quantitative estimate of drug-likeness (QED) is 0.766. The molecular formula is C24H27NO5. The minimum atomic E-state index is 0.0493. The lowest BCUT2D eigenvalue weighted by atomic mass is 9.88. The predicted octanol–water partition coefficient (Wildman–Crippen LogP) is 4.33. The summed E-state index contributed by atoms with van der Waals surface area (Å²) in [6.07, 6.45) is 6.75. The molecule has 2 aromatic carbocycles. The van der Waals surface area contributed by atoms with Crippen molar-refractivity contribution >= 4 is 11.1 Å². The van der Waals surface area contributed by atoms with E-state index in [2.05, 4.69) is 17.2 Å². The van der Waals surface area contributed by atoms with Gasteiger partial charge in [0.1, 0.15) is 0 Å². The molecule has 1 fully saturated rings. The van der Waals surface area contributed by atoms with Crippen molar-refractivity contribution in [3.8, 4) is 28.7 Å². The van der Waals surface area contributed by atoms with Crippen molar-refractivity contribution in [2.45, 2.75) is 18.9 Å². The van der Waals surface area contributed by atoms with E-state index in [1.807, 2.05) is 24.3 Å². The summed E-state index contributed by atoms with van der Waals surface area (Å²) in [7, 11) is 6.35. The maximum Gasteiger partial charge on any atom is 0.203 e. The molecule has 4 rings (SSSR count). The third kappa shape index (κ3) is 3.43. The van der Waals surface area contributed by atoms with Crippen molar-refractivity contribution in [2.24, 2.45) is 0 Å². The van der Waals surface area contributed by atoms with Gasteiger partial charge in [0.15, 0.2) is 23.0 Å². The summed E-state index contributed by atoms with van der Waals surface area (Å²) in [6.45, 7) is 1.03. The Labute approximate surface area is 176 Å². The lowest BCUT2D eigenvalue weighted by Gasteiger charge is -2.29. The van der Waals surface area contributed by atoms with Gasteiger partial charge in [0, 0.05) is 24.4 Å². The standard InChI is InChI=1S/C24H27NO5/c1-27-21-8-7-15(11-22(21)28-2)19-14-25-9-5-6-17(25)13-18(19)16-10-20(26)24(30-4)23(12-16)29-3/h7-8,10-14,17,26H,5-6,9H2,1-4H3/t17-/m0/s1. The Morgan fingerprint density at radius 3 is 2.27 bits per heavy atom. The molecule has 2 aliphatic heterocycles. The van der Waals surface area contributed by atoms with E-state index in [-0.39, 0.29) is 5.75 Å². The summed E-state index contributed by atoms with van der Waals surface area (Å²) in [4.78, 5) is 2.37. The summed E-state index contributed by atoms with van der Waals surface area (Å²) in [5.41, 5.74) is 3.98. The number of fused-ring (bicyclic) bond motifs is 1. The lowest BCUT2D eigenvalue weighted by Crippen LogP contribution is -2.25. The topological polar surface area (TPSA) is 60.4 Å². The number of phenolic OH excluding ortho intramolecular Hbond substituents is 1. The number of rotatable bonds is 6. The van der Waals surface area contributed by atoms with Crippen LogP contribution in [0.15, 0.2) is 42.6 Å². The van der Waals surface area contributed by atoms with Gasteiger partial charge in [0.25, 0.3) is 0 Å². The van der Waals surface area contributed by atoms with Gasteiger partial charge < -0.3 is 29.0 Å². The first-order valence-electron chi connectivity index (χ1n) is 9.97. The van der Waals surface area contributed by atoms with E-state index >= 15 is 0 Å². The molecular weight excluding hydrogens is 382 g/mol. The predicted molar refractivity (Wildman–Crippen MR) is 116 cm³/mol. The average Bonchev–Trinajstić information content (AvgIpc) is 3.24. The van der Waals surface area contributed by atoms with Gasteiger partial charge in [0.05, 0.1) is 28.4 Å². The number of aromatic hydroxyl groups is 1. The molecule has 2 heterocycles. The van der Waals surface area contributed by atoms with E-state index in [1.165, 1.54) is 7.11 Å². The maximum atomic E-state index is 10.5. The van der Waals surface area contributed by atoms with E-state index < -0.39 is 0 Å². The highest BCUT2D eigenvalue weighted by molar-refractivity contribution is 6.06. The van der Waals surface area contributed by atoms with Crippen LogP contribution in [0, 0.1) is 0 Å². The Hall–Kier alpha value is -3.28. The van der Waals surface area contributed by atoms with E-state index in [1.54, 1.807) is 27.4 Å². The smallest absolute Gasteiger partial charge is 0.203 e. The molecule has 0 radical (unpaired) electrons. The molecule has 1 N–H and O–H groups in total. The van der Waals surface area contributed by atoms with Gasteiger partial charge in [-0.15, -0.1) is 0 Å². The minimum absolute atomic E-state index is 0.0493. The molecule has 0 unspecified atom stereocenters. The van der Waals surface area contributed by atoms with Crippen molar-refractivity contribution in [3.05, 3.63) is 53.7 Å². The maximum absolute atomic E-state index is 10.5. The van der Waals surface area contributed by atoms with Crippen molar-refractivity contribution < 1.29 is 24.1 Å². The van der Waals surface area contributed by atoms with Crippen LogP contribution in [0.5, 0.6) is 28.7 Å². The third-order valence-electron chi connectivity index (χ3n) is 5.75. The summed E-state index contributed by atoms with van der Waals surface area (Å²) in [5, 5.41) is 10.5. The largest absolute Gasteiger partial charge is 0.504 e. The van der Waals surface area contributed by atoms with E-state index in [0.717, 1.165) is 41.7 Å². The Kier molecular flexibility index (Phi) is 5.48. The van der Waals surface area contributed by atoms with Crippen LogP contribution >= 0.6 is 0 Å². The molecule has 30 heavy (non-hydrogen) atoms. The Bertz CT molecular complexity index is 1010. The Morgan fingerprint density at radius 1 is 0.833 bits per heavy atom. The molecule has 1 atom stereocenters. The van der Waals surface area contributed by atoms with Crippen LogP contribution in [-0.4, -0.2) is 51.0 Å². The van der Waals surface area contributed by atoms with Gasteiger partial charge in [-0.2, -0.15) is 0 Å². The summed E-state index contributed by atoms with van der Waals surface area (Å²) in [6, 6.07) is 9.90. The van der Waals surface area contributed by atoms with Crippen LogP contribution in [-0.2, 0) is 0 Å². The molecule has 0 aliphatic carbocycles. The van der Waals surface area contributed by atoms with Crippen LogP contribution in [0.1, 0.15) is 24.0 Å². The van der Waals surface area contributed by atoms with Gasteiger partial charge in [0.2, 0.25) is 5.75 Å². The zero-order valence-electron chi connectivity index (χ0n) is 17.8. The fraction of sp³-hybridized carbons (Fsp3) is 0.333. The molecule has 158 valence electrons. The number of benzene rings is 2. The lowest BCUT2D eigenvalue weighted by molar-refractivity contribution is 0.333. The van der Waals surface area contributed by atoms with Crippen molar-refractivity contribution in [2.75, 3.05) is 35.0 Å². The Balaban J connectivity index is 1.85. The summed E-state index contributed by atoms with van der Waals surface area (Å²) >= 11 is 0. The molecule has 0 amide bonds. The fourth-order valence-electron chi connectivity index (χ4n) is 4.26. The first-order chi connectivity index (χ1) is 14.6. The number of hydrogen-bond acceptors (Lipinski definition) is 6. The fourth-order valence-corrected chi connectivity index (χ4v) is 4.26. The second kappa shape index (κ2) is 8.22. The summed E-state index contributed by atoms with van der Waals surface area (Å²) < 4.78 is 21.7. The monoisotopic (exact) mass is 409 g/mol. The third-order valence-corrected chi connectivity index (χ3v) is 5.75. The number of nitrogens with zero attached hydrogens (tertiary/aromatic N) is 1. The average molecular weight is 409 g/mol. The van der Waals surface area contributed by atoms with Crippen molar-refractivity contribution in [1.82, 2.24) is 4.90 Å². The second-order valence-electron chi connectivity index (χ2n) is 7.37. The normalized spacial score (nSPS) is 17.7. The highest BCUT2D eigenvalue weighted by atomic mass is 16.5. The van der Waals surface area contributed by atoms with Gasteiger partial charge in [-0.3, -0.25) is 0 Å². The highest BCUT2D eigenvalue weighted by Gasteiger charge is 2.28. The second-order valence-corrected chi connectivity index (χ2v) is 7.37. The van der Waals surface area contributed by atoms with E-state index in [0.29, 0.717) is 29.0 Å². The van der Waals surface area contributed by atoms with Gasteiger partial charge in [-0.1, -0.05) is 12.1 Å². The number of allylic oxidation sites excluding steroid dienone is 2. The number of ether oxygens (including phenoxy) is 4. The highest BCUT2D eigenvalue weighted by Crippen LogP contribution is 2.45. The summed E-state index contributed by atoms with van der Waals surface area (Å²) in [5.74, 6) is 2.24. The van der Waals surface area contributed by atoms with Gasteiger partial charge in [-0.05, 0) is 53.8 Å². The Morgan fingerprint density at radius 2 is 1.57 bits per heavy atom. The van der Waals surface area contributed by atoms with E-state index in [9.17, 15) is 5.11 Å². The zero-order valence-corrected chi connectivity index (χ0v) is 17.8. The minimum Gasteiger partial charge on any atom is -0.504 e. The van der Waals surface area contributed by atoms with Gasteiger partial charge >= 0.3 is 0 Å². The number of hydrogen-bond donors (Lipinski definition) is 1. The number of methoxy groups -OCH3 is 4.